The van der Waals surface area contributed by atoms with Gasteiger partial charge in [0, 0.05) is 18.3 Å². The summed E-state index contributed by atoms with van der Waals surface area (Å²) in [5, 5.41) is 9.10. The third kappa shape index (κ3) is 4.86. The second-order valence-corrected chi connectivity index (χ2v) is 9.04. The number of amidine groups is 1. The molecule has 4 nitrogen and oxygen atoms in total. The summed E-state index contributed by atoms with van der Waals surface area (Å²) in [4.78, 5) is 9.55. The molecule has 1 fully saturated rings. The topological polar surface area (TPSA) is 49.3 Å². The van der Waals surface area contributed by atoms with Crippen molar-refractivity contribution in [1.82, 2.24) is 10.3 Å². The van der Waals surface area contributed by atoms with Crippen LogP contribution in [-0.4, -0.2) is 28.5 Å². The zero-order chi connectivity index (χ0) is 19.2. The summed E-state index contributed by atoms with van der Waals surface area (Å²) in [7, 11) is 0. The van der Waals surface area contributed by atoms with Crippen LogP contribution >= 0.6 is 23.1 Å². The van der Waals surface area contributed by atoms with E-state index in [1.807, 2.05) is 17.8 Å². The average Bonchev–Trinajstić information content (AvgIpc) is 3.34. The molecule has 146 valence electrons. The summed E-state index contributed by atoms with van der Waals surface area (Å²) in [5.74, 6) is 1.13. The first kappa shape index (κ1) is 19.3. The van der Waals surface area contributed by atoms with Crippen molar-refractivity contribution in [2.75, 3.05) is 17.6 Å². The standard InChI is InChI=1S/C22H26N4S2/c1-2-3-9-17-15-27-22(24-17)25-18-10-5-4-8-16(18)13-14-23-21-26-19-11-6-7-12-20(19)28-21/h4-8,10-12,17H,2-3,9,13-15H2,1H3,(H,23,26)(H,24,25). The fraction of sp³-hybridized carbons (Fsp3) is 0.364. The minimum Gasteiger partial charge on any atom is -0.361 e. The van der Waals surface area contributed by atoms with Crippen molar-refractivity contribution < 1.29 is 0 Å². The van der Waals surface area contributed by atoms with Crippen molar-refractivity contribution in [3.05, 3.63) is 54.1 Å². The number of aliphatic imine (C=N–C) groups is 1. The number of hydrogen-bond acceptors (Lipinski definition) is 5. The first-order chi connectivity index (χ1) is 13.8. The monoisotopic (exact) mass is 410 g/mol. The van der Waals surface area contributed by atoms with Gasteiger partial charge < -0.3 is 10.6 Å². The predicted octanol–water partition coefficient (Wildman–Crippen LogP) is 5.83. The lowest BCUT2D eigenvalue weighted by molar-refractivity contribution is 0.588. The van der Waals surface area contributed by atoms with Crippen LogP contribution in [0.1, 0.15) is 31.7 Å². The molecule has 3 aromatic rings. The van der Waals surface area contributed by atoms with Gasteiger partial charge in [-0.25, -0.2) is 9.98 Å². The molecule has 0 saturated carbocycles. The summed E-state index contributed by atoms with van der Waals surface area (Å²) >= 11 is 3.55. The molecular formula is C22H26N4S2. The van der Waals surface area contributed by atoms with E-state index >= 15 is 0 Å². The lowest BCUT2D eigenvalue weighted by Crippen LogP contribution is -2.26. The van der Waals surface area contributed by atoms with E-state index in [0.717, 1.165) is 40.2 Å². The third-order valence-corrected chi connectivity index (χ3v) is 6.88. The Kier molecular flexibility index (Phi) is 6.49. The van der Waals surface area contributed by atoms with Crippen LogP contribution in [-0.2, 0) is 6.42 Å². The summed E-state index contributed by atoms with van der Waals surface area (Å²) in [6, 6.07) is 17.3. The normalized spacial score (nSPS) is 17.9. The largest absolute Gasteiger partial charge is 0.361 e. The minimum atomic E-state index is 0.566. The van der Waals surface area contributed by atoms with Gasteiger partial charge in [-0.2, -0.15) is 0 Å². The zero-order valence-electron chi connectivity index (χ0n) is 16.1. The fourth-order valence-corrected chi connectivity index (χ4v) is 5.21. The van der Waals surface area contributed by atoms with E-state index in [1.165, 1.54) is 29.5 Å². The van der Waals surface area contributed by atoms with E-state index < -0.39 is 0 Å². The van der Waals surface area contributed by atoms with Crippen molar-refractivity contribution in [2.45, 2.75) is 38.6 Å². The Hall–Kier alpha value is -2.05. The summed E-state index contributed by atoms with van der Waals surface area (Å²) in [6.45, 7) is 3.09. The molecule has 1 unspecified atom stereocenters. The van der Waals surface area contributed by atoms with E-state index in [4.69, 9.17) is 4.99 Å². The van der Waals surface area contributed by atoms with Gasteiger partial charge in [-0.05, 0) is 36.6 Å². The summed E-state index contributed by atoms with van der Waals surface area (Å²) in [5.41, 5.74) is 3.39. The first-order valence-corrected chi connectivity index (χ1v) is 11.8. The third-order valence-electron chi connectivity index (χ3n) is 4.83. The summed E-state index contributed by atoms with van der Waals surface area (Å²) < 4.78 is 1.22. The zero-order valence-corrected chi connectivity index (χ0v) is 17.8. The van der Waals surface area contributed by atoms with Gasteiger partial charge in [-0.1, -0.05) is 73.2 Å². The van der Waals surface area contributed by atoms with Crippen LogP contribution in [0.5, 0.6) is 0 Å². The van der Waals surface area contributed by atoms with Crippen LogP contribution in [0.2, 0.25) is 0 Å². The maximum absolute atomic E-state index is 4.90. The first-order valence-electron chi connectivity index (χ1n) is 9.97. The quantitative estimate of drug-likeness (QED) is 0.490. The van der Waals surface area contributed by atoms with Gasteiger partial charge in [0.2, 0.25) is 0 Å². The smallest absolute Gasteiger partial charge is 0.183 e. The van der Waals surface area contributed by atoms with E-state index in [9.17, 15) is 0 Å². The second-order valence-electron chi connectivity index (χ2n) is 7.00. The van der Waals surface area contributed by atoms with E-state index in [0.29, 0.717) is 6.04 Å². The maximum atomic E-state index is 4.90. The number of aromatic nitrogens is 1. The molecule has 6 heteroatoms. The van der Waals surface area contributed by atoms with Gasteiger partial charge in [-0.3, -0.25) is 0 Å². The number of unbranched alkanes of at least 4 members (excludes halogenated alkanes) is 1. The molecule has 2 aromatic carbocycles. The molecule has 1 saturated heterocycles. The Morgan fingerprint density at radius 3 is 2.93 bits per heavy atom. The highest BCUT2D eigenvalue weighted by atomic mass is 32.2. The molecule has 0 bridgehead atoms. The van der Waals surface area contributed by atoms with Gasteiger partial charge in [0.25, 0.3) is 0 Å². The van der Waals surface area contributed by atoms with Crippen LogP contribution in [0.4, 0.5) is 10.8 Å². The Bertz CT molecular complexity index is 917. The number of thiazole rings is 1. The molecule has 0 amide bonds. The Morgan fingerprint density at radius 2 is 2.04 bits per heavy atom. The molecule has 4 rings (SSSR count). The van der Waals surface area contributed by atoms with Crippen LogP contribution in [0.15, 0.2) is 53.5 Å². The van der Waals surface area contributed by atoms with Crippen molar-refractivity contribution in [3.8, 4) is 0 Å². The summed E-state index contributed by atoms with van der Waals surface area (Å²) in [6.07, 6.45) is 4.68. The van der Waals surface area contributed by atoms with Crippen LogP contribution < -0.4 is 10.6 Å². The highest BCUT2D eigenvalue weighted by Crippen LogP contribution is 2.27. The molecule has 2 heterocycles. The second kappa shape index (κ2) is 9.43. The Labute approximate surface area is 174 Å². The molecule has 1 aromatic heterocycles. The van der Waals surface area contributed by atoms with Crippen molar-refractivity contribution >= 4 is 49.3 Å². The Balaban J connectivity index is 1.37. The van der Waals surface area contributed by atoms with Crippen molar-refractivity contribution in [1.29, 1.82) is 0 Å². The molecule has 0 aliphatic carbocycles. The highest BCUT2D eigenvalue weighted by Gasteiger charge is 2.19. The van der Waals surface area contributed by atoms with Crippen molar-refractivity contribution in [2.24, 2.45) is 4.99 Å². The van der Waals surface area contributed by atoms with Crippen LogP contribution in [0, 0.1) is 0 Å². The Morgan fingerprint density at radius 1 is 1.18 bits per heavy atom. The van der Waals surface area contributed by atoms with Gasteiger partial charge in [-0.15, -0.1) is 0 Å². The number of fused-ring (bicyclic) bond motifs is 1. The lowest BCUT2D eigenvalue weighted by Gasteiger charge is -2.09. The number of thioether (sulfide) groups is 1. The molecule has 0 spiro atoms. The highest BCUT2D eigenvalue weighted by molar-refractivity contribution is 8.14. The molecule has 0 radical (unpaired) electrons. The van der Waals surface area contributed by atoms with Crippen molar-refractivity contribution in [3.63, 3.8) is 0 Å². The average molecular weight is 411 g/mol. The minimum absolute atomic E-state index is 0.566. The number of anilines is 1. The van der Waals surface area contributed by atoms with Gasteiger partial charge in [0.05, 0.1) is 15.9 Å². The lowest BCUT2D eigenvalue weighted by atomic mass is 10.1. The molecular weight excluding hydrogens is 384 g/mol. The maximum Gasteiger partial charge on any atom is 0.183 e. The van der Waals surface area contributed by atoms with Crippen LogP contribution in [0.25, 0.3) is 10.2 Å². The molecule has 1 atom stereocenters. The number of nitrogens with zero attached hydrogens (tertiary/aromatic N) is 2. The van der Waals surface area contributed by atoms with E-state index in [2.05, 4.69) is 65.0 Å². The molecule has 1 aliphatic heterocycles. The number of rotatable bonds is 8. The van der Waals surface area contributed by atoms with Gasteiger partial charge in [0.1, 0.15) is 0 Å². The van der Waals surface area contributed by atoms with Gasteiger partial charge in [0.15, 0.2) is 10.3 Å². The number of hydrogen-bond donors (Lipinski definition) is 2. The molecule has 1 aliphatic rings. The number of nitrogens with one attached hydrogen (secondary N) is 2. The van der Waals surface area contributed by atoms with Crippen LogP contribution in [0.3, 0.4) is 0 Å². The SMILES string of the molecule is CCCCC1CS/C(=N/c2ccccc2CCNc2nc3ccccc3s2)N1. The number of benzene rings is 2. The fourth-order valence-electron chi connectivity index (χ4n) is 3.30. The van der Waals surface area contributed by atoms with E-state index in [-0.39, 0.29) is 0 Å². The number of para-hydroxylation sites is 2. The predicted molar refractivity (Wildman–Crippen MR) is 124 cm³/mol. The molecule has 2 N–H and O–H groups in total. The molecule has 28 heavy (non-hydrogen) atoms. The van der Waals surface area contributed by atoms with E-state index in [1.54, 1.807) is 11.3 Å². The van der Waals surface area contributed by atoms with Gasteiger partial charge >= 0.3 is 0 Å².